The Morgan fingerprint density at radius 2 is 1.23 bits per heavy atom. The van der Waals surface area contributed by atoms with Crippen molar-refractivity contribution in [3.8, 4) is 0 Å². The van der Waals surface area contributed by atoms with Crippen LogP contribution >= 0.6 is 15.6 Å². The van der Waals surface area contributed by atoms with Crippen LogP contribution in [0.2, 0.25) is 0 Å². The maximum atomic E-state index is 10.4. The first-order valence-corrected chi connectivity index (χ1v) is 15.0. The Balaban J connectivity index is 0.000000639. The molecule has 0 radical (unpaired) electrons. The van der Waals surface area contributed by atoms with E-state index in [1.54, 1.807) is 0 Å². The van der Waals surface area contributed by atoms with E-state index in [0.717, 1.165) is 0 Å². The number of carbonyl (C=O) groups excluding carboxylic acids is 1. The van der Waals surface area contributed by atoms with Gasteiger partial charge >= 0.3 is 15.6 Å². The lowest BCUT2D eigenvalue weighted by atomic mass is 10.00. The molecular weight excluding hydrogens is 662 g/mol. The van der Waals surface area contributed by atoms with Gasteiger partial charge in [-0.25, -0.2) is 9.13 Å². The molecule has 0 aromatic carbocycles. The summed E-state index contributed by atoms with van der Waals surface area (Å²) in [5, 5.41) is 117. The molecule has 0 saturated carbocycles. The van der Waals surface area contributed by atoms with Gasteiger partial charge in [-0.05, 0) is 0 Å². The second-order valence-corrected chi connectivity index (χ2v) is 11.5. The Morgan fingerprint density at radius 3 is 1.61 bits per heavy atom. The molecule has 44 heavy (non-hydrogen) atoms. The van der Waals surface area contributed by atoms with Crippen molar-refractivity contribution < 1.29 is 118 Å². The van der Waals surface area contributed by atoms with E-state index in [0.29, 0.717) is 0 Å². The normalized spacial score (nSPS) is 35.3. The van der Waals surface area contributed by atoms with E-state index in [4.69, 9.17) is 60.4 Å². The molecule has 0 unspecified atom stereocenters. The van der Waals surface area contributed by atoms with Crippen molar-refractivity contribution >= 4 is 21.9 Å². The smallest absolute Gasteiger partial charge is 0.394 e. The van der Waals surface area contributed by atoms with Gasteiger partial charge in [0.15, 0.2) is 12.6 Å². The Bertz CT molecular complexity index is 903. The maximum absolute atomic E-state index is 10.4. The zero-order chi connectivity index (χ0) is 34.8. The summed E-state index contributed by atoms with van der Waals surface area (Å²) in [6, 6.07) is 0. The minimum Gasteiger partial charge on any atom is -0.394 e. The van der Waals surface area contributed by atoms with Gasteiger partial charge in [-0.15, -0.1) is 0 Å². The van der Waals surface area contributed by atoms with Gasteiger partial charge in [-0.1, -0.05) is 0 Å². The van der Waals surface area contributed by atoms with Gasteiger partial charge in [0.25, 0.3) is 0 Å². The summed E-state index contributed by atoms with van der Waals surface area (Å²) in [4.78, 5) is 43.5. The summed E-state index contributed by atoms with van der Waals surface area (Å²) in [6.45, 7) is -3.20. The van der Waals surface area contributed by atoms with Crippen LogP contribution in [0.25, 0.3) is 0 Å². The van der Waals surface area contributed by atoms with E-state index in [1.807, 2.05) is 0 Å². The predicted octanol–water partition coefficient (Wildman–Crippen LogP) is -9.59. The van der Waals surface area contributed by atoms with Gasteiger partial charge in [0, 0.05) is 0 Å². The monoisotopic (exact) mass is 700 g/mol. The van der Waals surface area contributed by atoms with Crippen molar-refractivity contribution in [1.82, 2.24) is 0 Å². The third kappa shape index (κ3) is 14.0. The molecule has 0 amide bonds. The van der Waals surface area contributed by atoms with E-state index < -0.39 is 121 Å². The second kappa shape index (κ2) is 18.6. The summed E-state index contributed by atoms with van der Waals surface area (Å²) in [7, 11) is -9.46. The van der Waals surface area contributed by atoms with Gasteiger partial charge < -0.3 is 100 Å². The number of hydrogen-bond donors (Lipinski definition) is 17. The fourth-order valence-electron chi connectivity index (χ4n) is 3.16. The molecule has 24 nitrogen and oxygen atoms in total. The molecule has 2 aliphatic rings. The topological polar surface area (TPSA) is 432 Å². The lowest BCUT2D eigenvalue weighted by Crippen LogP contribution is -2.58. The van der Waals surface area contributed by atoms with Crippen molar-refractivity contribution in [3.63, 3.8) is 0 Å². The van der Waals surface area contributed by atoms with Crippen LogP contribution in [0.15, 0.2) is 0 Å². The highest BCUT2D eigenvalue weighted by Crippen LogP contribution is 2.38. The van der Waals surface area contributed by atoms with E-state index in [1.165, 1.54) is 0 Å². The van der Waals surface area contributed by atoms with Crippen LogP contribution in [-0.2, 0) is 32.4 Å². The molecular formula is C18H38O24P2. The maximum Gasteiger partial charge on any atom is 0.469 e. The minimum absolute atomic E-state index is 0.0258. The average Bonchev–Trinajstić information content (AvgIpc) is 3.18. The number of carbonyl (C=O) groups is 1. The number of hydrogen-bond acceptors (Lipinski definition) is 20. The molecule has 0 aromatic rings. The van der Waals surface area contributed by atoms with E-state index in [9.17, 15) is 39.5 Å². The van der Waals surface area contributed by atoms with Crippen molar-refractivity contribution in [1.29, 1.82) is 0 Å². The van der Waals surface area contributed by atoms with Crippen LogP contribution in [0.5, 0.6) is 0 Å². The lowest BCUT2D eigenvalue weighted by Gasteiger charge is -2.38. The predicted molar refractivity (Wildman–Crippen MR) is 131 cm³/mol. The molecule has 2 heterocycles. The van der Waals surface area contributed by atoms with Crippen LogP contribution in [0.4, 0.5) is 0 Å². The molecule has 2 rings (SSSR count). The summed E-state index contributed by atoms with van der Waals surface area (Å²) in [5.41, 5.74) is 0. The Morgan fingerprint density at radius 1 is 0.750 bits per heavy atom. The summed E-state index contributed by atoms with van der Waals surface area (Å²) < 4.78 is 38.1. The summed E-state index contributed by atoms with van der Waals surface area (Å²) >= 11 is 0. The molecule has 0 aliphatic carbocycles. The largest absolute Gasteiger partial charge is 0.469 e. The van der Waals surface area contributed by atoms with Crippen molar-refractivity contribution in [2.24, 2.45) is 0 Å². The first-order chi connectivity index (χ1) is 20.0. The van der Waals surface area contributed by atoms with Crippen LogP contribution in [0, 0.1) is 0 Å². The van der Waals surface area contributed by atoms with Gasteiger partial charge in [-0.3, -0.25) is 9.05 Å². The number of phosphoric acid groups is 2. The Kier molecular flexibility index (Phi) is 18.3. The SMILES string of the molecule is O=C[C@H](O)[C@@H](O)[C@H](O)[C@H](O)CO.O=P(O)(O)OC[C@H]1O[C@H](O)[C@H](O)[C@@H](O)[C@@H]1O.O=P(O)(O)OC[C@H]1O[C@](O)(CO)[C@@H](O)[C@@H]1O. The molecule has 26 heteroatoms. The zero-order valence-corrected chi connectivity index (χ0v) is 24.0. The highest BCUT2D eigenvalue weighted by molar-refractivity contribution is 7.46. The van der Waals surface area contributed by atoms with E-state index in [2.05, 4.69) is 18.5 Å². The highest BCUT2D eigenvalue weighted by atomic mass is 31.2. The molecule has 2 aliphatic heterocycles. The number of aliphatic hydroxyl groups is 13. The van der Waals surface area contributed by atoms with Gasteiger partial charge in [0.2, 0.25) is 5.79 Å². The quantitative estimate of drug-likeness (QED) is 0.0663. The van der Waals surface area contributed by atoms with Gasteiger partial charge in [0.1, 0.15) is 67.1 Å². The first kappa shape index (κ1) is 43.3. The number of aliphatic hydroxyl groups excluding tert-OH is 12. The minimum atomic E-state index is -4.73. The number of aldehydes is 1. The molecule has 0 aromatic heterocycles. The first-order valence-electron chi connectivity index (χ1n) is 11.9. The third-order valence-electron chi connectivity index (χ3n) is 5.67. The molecule has 2 saturated heterocycles. The molecule has 2 fully saturated rings. The Labute approximate surface area is 246 Å². The molecule has 13 atom stereocenters. The molecule has 0 spiro atoms. The summed E-state index contributed by atoms with van der Waals surface area (Å²) in [5.74, 6) is -2.36. The van der Waals surface area contributed by atoms with Crippen LogP contribution < -0.4 is 0 Å². The third-order valence-corrected chi connectivity index (χ3v) is 6.64. The average molecular weight is 700 g/mol. The summed E-state index contributed by atoms with van der Waals surface area (Å²) in [6.07, 6.45) is -19.7. The van der Waals surface area contributed by atoms with Gasteiger partial charge in [0.05, 0.1) is 26.4 Å². The van der Waals surface area contributed by atoms with Crippen molar-refractivity contribution in [2.45, 2.75) is 79.2 Å². The number of ether oxygens (including phenoxy) is 2. The van der Waals surface area contributed by atoms with Crippen LogP contribution in [0.1, 0.15) is 0 Å². The number of phosphoric ester groups is 2. The molecule has 17 N–H and O–H groups in total. The second-order valence-electron chi connectivity index (χ2n) is 9.06. The van der Waals surface area contributed by atoms with E-state index >= 15 is 0 Å². The fourth-order valence-corrected chi connectivity index (χ4v) is 3.85. The van der Waals surface area contributed by atoms with Gasteiger partial charge in [-0.2, -0.15) is 0 Å². The Hall–Kier alpha value is -0.710. The number of rotatable bonds is 12. The van der Waals surface area contributed by atoms with Crippen LogP contribution in [-0.4, -0.2) is 198 Å². The standard InChI is InChI=1S/2C6H13O9P.C6H12O6/c7-2-6(10)5(9)4(8)3(15-6)1-14-16(11,12)13;7-3-2(1-14-16(11,12)13)15-6(10)5(9)4(3)8;7-1-3(9)5(11)6(12)4(10)2-8/h3-5,7-10H,1-2H2,(H2,11,12,13);2-10H,1H2,(H2,11,12,13);1,3-6,8-12H,2H2/t3-,4-,5+,6-;2-,3-,4+,5-,6+;3-,4+,5+,6+/m110/s1. The van der Waals surface area contributed by atoms with Crippen molar-refractivity contribution in [3.05, 3.63) is 0 Å². The van der Waals surface area contributed by atoms with Crippen LogP contribution in [0.3, 0.4) is 0 Å². The lowest BCUT2D eigenvalue weighted by molar-refractivity contribution is -0.285. The molecule has 0 bridgehead atoms. The van der Waals surface area contributed by atoms with Crippen molar-refractivity contribution in [2.75, 3.05) is 26.4 Å². The molecule has 264 valence electrons. The fraction of sp³-hybridized carbons (Fsp3) is 0.944. The zero-order valence-electron chi connectivity index (χ0n) is 22.2. The van der Waals surface area contributed by atoms with E-state index in [-0.39, 0.29) is 6.29 Å². The highest BCUT2D eigenvalue weighted by Gasteiger charge is 2.53.